The normalized spacial score (nSPS) is 10.6. The second-order valence-corrected chi connectivity index (χ2v) is 3.52. The Balaban J connectivity index is 2.58. The fraction of sp³-hybridized carbons (Fsp3) is 0.700. The Kier molecular flexibility index (Phi) is 4.42. The van der Waals surface area contributed by atoms with Crippen molar-refractivity contribution in [3.63, 3.8) is 0 Å². The highest BCUT2D eigenvalue weighted by molar-refractivity contribution is 5.64. The zero-order valence-electron chi connectivity index (χ0n) is 9.45. The molecule has 0 amide bonds. The third-order valence-corrected chi connectivity index (χ3v) is 2.35. The van der Waals surface area contributed by atoms with Crippen LogP contribution in [0.2, 0.25) is 0 Å². The highest BCUT2D eigenvalue weighted by Crippen LogP contribution is 2.21. The Labute approximate surface area is 90.3 Å². The van der Waals surface area contributed by atoms with Crippen LogP contribution in [-0.2, 0) is 6.54 Å². The maximum Gasteiger partial charge on any atom is 0.148 e. The van der Waals surface area contributed by atoms with Crippen molar-refractivity contribution >= 4 is 11.5 Å². The van der Waals surface area contributed by atoms with E-state index in [4.69, 9.17) is 10.8 Å². The van der Waals surface area contributed by atoms with E-state index in [1.165, 1.54) is 0 Å². The van der Waals surface area contributed by atoms with Crippen molar-refractivity contribution in [3.05, 3.63) is 5.69 Å². The molecule has 4 N–H and O–H groups in total. The molecule has 0 radical (unpaired) electrons. The lowest BCUT2D eigenvalue weighted by Crippen LogP contribution is -2.09. The molecule has 1 aromatic rings. The summed E-state index contributed by atoms with van der Waals surface area (Å²) in [6.07, 6.45) is 1.75. The standard InChI is InChI=1S/C10H20N4O/c1-3-14-10(9(11)8(2)13-14)12-6-4-5-7-15/h12,15H,3-7,11H2,1-2H3. The van der Waals surface area contributed by atoms with Crippen molar-refractivity contribution < 1.29 is 5.11 Å². The molecule has 0 unspecified atom stereocenters. The second kappa shape index (κ2) is 5.60. The number of aliphatic hydroxyl groups excluding tert-OH is 1. The summed E-state index contributed by atoms with van der Waals surface area (Å²) < 4.78 is 1.86. The van der Waals surface area contributed by atoms with Gasteiger partial charge in [0.05, 0.1) is 11.4 Å². The van der Waals surface area contributed by atoms with Crippen molar-refractivity contribution in [2.24, 2.45) is 0 Å². The molecule has 15 heavy (non-hydrogen) atoms. The van der Waals surface area contributed by atoms with Crippen LogP contribution in [0.3, 0.4) is 0 Å². The smallest absolute Gasteiger partial charge is 0.148 e. The van der Waals surface area contributed by atoms with Crippen LogP contribution in [0.4, 0.5) is 11.5 Å². The quantitative estimate of drug-likeness (QED) is 0.614. The number of aryl methyl sites for hydroxylation is 2. The summed E-state index contributed by atoms with van der Waals surface area (Å²) in [6.45, 7) is 5.80. The summed E-state index contributed by atoms with van der Waals surface area (Å²) >= 11 is 0. The number of hydrogen-bond donors (Lipinski definition) is 3. The van der Waals surface area contributed by atoms with Gasteiger partial charge in [0.1, 0.15) is 5.82 Å². The molecule has 0 bridgehead atoms. The molecule has 86 valence electrons. The molecule has 0 aliphatic carbocycles. The number of nitrogens with two attached hydrogens (primary N) is 1. The van der Waals surface area contributed by atoms with Crippen LogP contribution in [0.1, 0.15) is 25.5 Å². The highest BCUT2D eigenvalue weighted by Gasteiger charge is 2.09. The molecule has 1 rings (SSSR count). The topological polar surface area (TPSA) is 76.1 Å². The summed E-state index contributed by atoms with van der Waals surface area (Å²) in [7, 11) is 0. The van der Waals surface area contributed by atoms with Crippen LogP contribution >= 0.6 is 0 Å². The second-order valence-electron chi connectivity index (χ2n) is 3.52. The molecule has 0 atom stereocenters. The minimum atomic E-state index is 0.239. The van der Waals surface area contributed by atoms with Crippen molar-refractivity contribution in [2.45, 2.75) is 33.2 Å². The van der Waals surface area contributed by atoms with Gasteiger partial charge in [-0.25, -0.2) is 4.68 Å². The average Bonchev–Trinajstić information content (AvgIpc) is 2.51. The summed E-state index contributed by atoms with van der Waals surface area (Å²) in [5, 5.41) is 16.2. The van der Waals surface area contributed by atoms with Gasteiger partial charge in [-0.2, -0.15) is 5.10 Å². The van der Waals surface area contributed by atoms with E-state index in [1.54, 1.807) is 0 Å². The number of hydrogen-bond acceptors (Lipinski definition) is 4. The van der Waals surface area contributed by atoms with Gasteiger partial charge in [0.2, 0.25) is 0 Å². The number of unbranched alkanes of at least 4 members (excludes halogenated alkanes) is 1. The first-order chi connectivity index (χ1) is 7.20. The molecule has 0 aliphatic heterocycles. The lowest BCUT2D eigenvalue weighted by atomic mass is 10.3. The lowest BCUT2D eigenvalue weighted by Gasteiger charge is -2.08. The summed E-state index contributed by atoms with van der Waals surface area (Å²) in [4.78, 5) is 0. The zero-order chi connectivity index (χ0) is 11.3. The first-order valence-corrected chi connectivity index (χ1v) is 5.38. The Morgan fingerprint density at radius 2 is 2.20 bits per heavy atom. The molecule has 5 nitrogen and oxygen atoms in total. The van der Waals surface area contributed by atoms with E-state index in [1.807, 2.05) is 18.5 Å². The highest BCUT2D eigenvalue weighted by atomic mass is 16.2. The van der Waals surface area contributed by atoms with Gasteiger partial charge in [-0.1, -0.05) is 0 Å². The molecule has 0 saturated heterocycles. The summed E-state index contributed by atoms with van der Waals surface area (Å²) in [5.74, 6) is 0.896. The number of aliphatic hydroxyl groups is 1. The Bertz CT molecular complexity index is 309. The van der Waals surface area contributed by atoms with Crippen molar-refractivity contribution in [1.82, 2.24) is 9.78 Å². The van der Waals surface area contributed by atoms with Gasteiger partial charge in [0.15, 0.2) is 0 Å². The third-order valence-electron chi connectivity index (χ3n) is 2.35. The number of nitrogen functional groups attached to an aromatic ring is 1. The van der Waals surface area contributed by atoms with Crippen molar-refractivity contribution in [1.29, 1.82) is 0 Å². The van der Waals surface area contributed by atoms with Gasteiger partial charge >= 0.3 is 0 Å². The van der Waals surface area contributed by atoms with Gasteiger partial charge in [-0.3, -0.25) is 0 Å². The van der Waals surface area contributed by atoms with E-state index in [2.05, 4.69) is 10.4 Å². The van der Waals surface area contributed by atoms with E-state index in [-0.39, 0.29) is 6.61 Å². The van der Waals surface area contributed by atoms with Crippen LogP contribution in [0.5, 0.6) is 0 Å². The SMILES string of the molecule is CCn1nc(C)c(N)c1NCCCCO. The molecule has 0 spiro atoms. The minimum Gasteiger partial charge on any atom is -0.396 e. The van der Waals surface area contributed by atoms with Gasteiger partial charge < -0.3 is 16.2 Å². The number of nitrogens with one attached hydrogen (secondary N) is 1. The predicted molar refractivity (Wildman–Crippen MR) is 61.9 cm³/mol. The number of rotatable bonds is 6. The first-order valence-electron chi connectivity index (χ1n) is 5.38. The molecular formula is C10H20N4O. The molecule has 1 heterocycles. The lowest BCUT2D eigenvalue weighted by molar-refractivity contribution is 0.286. The van der Waals surface area contributed by atoms with E-state index in [9.17, 15) is 0 Å². The summed E-state index contributed by atoms with van der Waals surface area (Å²) in [6, 6.07) is 0. The molecular weight excluding hydrogens is 192 g/mol. The van der Waals surface area contributed by atoms with Crippen LogP contribution < -0.4 is 11.1 Å². The largest absolute Gasteiger partial charge is 0.396 e. The fourth-order valence-corrected chi connectivity index (χ4v) is 1.45. The van der Waals surface area contributed by atoms with Crippen LogP contribution in [0, 0.1) is 6.92 Å². The summed E-state index contributed by atoms with van der Waals surface area (Å²) in [5.41, 5.74) is 7.48. The predicted octanol–water partition coefficient (Wildman–Crippen LogP) is 0.978. The number of aromatic nitrogens is 2. The van der Waals surface area contributed by atoms with Gasteiger partial charge in [-0.15, -0.1) is 0 Å². The first kappa shape index (κ1) is 11.8. The Hall–Kier alpha value is -1.23. The van der Waals surface area contributed by atoms with E-state index >= 15 is 0 Å². The average molecular weight is 212 g/mol. The fourth-order valence-electron chi connectivity index (χ4n) is 1.45. The molecule has 1 aromatic heterocycles. The van der Waals surface area contributed by atoms with Gasteiger partial charge in [-0.05, 0) is 26.7 Å². The Morgan fingerprint density at radius 3 is 2.80 bits per heavy atom. The maximum atomic E-state index is 8.65. The zero-order valence-corrected chi connectivity index (χ0v) is 9.45. The maximum absolute atomic E-state index is 8.65. The van der Waals surface area contributed by atoms with E-state index in [0.717, 1.165) is 43.1 Å². The molecule has 0 aliphatic rings. The van der Waals surface area contributed by atoms with Gasteiger partial charge in [0, 0.05) is 19.7 Å². The number of nitrogens with zero attached hydrogens (tertiary/aromatic N) is 2. The van der Waals surface area contributed by atoms with E-state index in [0.29, 0.717) is 0 Å². The van der Waals surface area contributed by atoms with Crippen LogP contribution in [0.15, 0.2) is 0 Å². The molecule has 0 fully saturated rings. The van der Waals surface area contributed by atoms with Crippen LogP contribution in [0.25, 0.3) is 0 Å². The molecule has 0 saturated carbocycles. The molecule has 0 aromatic carbocycles. The number of anilines is 2. The van der Waals surface area contributed by atoms with Crippen LogP contribution in [-0.4, -0.2) is 28.0 Å². The molecule has 5 heteroatoms. The van der Waals surface area contributed by atoms with Gasteiger partial charge in [0.25, 0.3) is 0 Å². The Morgan fingerprint density at radius 1 is 1.47 bits per heavy atom. The monoisotopic (exact) mass is 212 g/mol. The third kappa shape index (κ3) is 2.86. The minimum absolute atomic E-state index is 0.239. The van der Waals surface area contributed by atoms with E-state index < -0.39 is 0 Å². The van der Waals surface area contributed by atoms with Crippen molar-refractivity contribution in [3.8, 4) is 0 Å². The van der Waals surface area contributed by atoms with Crippen molar-refractivity contribution in [2.75, 3.05) is 24.2 Å².